The highest BCUT2D eigenvalue weighted by Crippen LogP contribution is 2.33. The van der Waals surface area contributed by atoms with Crippen molar-refractivity contribution >= 4 is 5.82 Å². The molecule has 0 saturated carbocycles. The van der Waals surface area contributed by atoms with Gasteiger partial charge in [-0.25, -0.2) is 9.37 Å². The maximum atomic E-state index is 13.5. The third-order valence-corrected chi connectivity index (χ3v) is 5.41. The van der Waals surface area contributed by atoms with Crippen LogP contribution in [0.25, 0.3) is 11.3 Å². The number of benzene rings is 1. The van der Waals surface area contributed by atoms with Crippen LogP contribution in [0.1, 0.15) is 36.4 Å². The van der Waals surface area contributed by atoms with Crippen LogP contribution in [0.2, 0.25) is 0 Å². The number of nitrogens with zero attached hydrogens (tertiary/aromatic N) is 3. The third-order valence-electron chi connectivity index (χ3n) is 5.41. The maximum Gasteiger partial charge on any atom is 0.130 e. The van der Waals surface area contributed by atoms with E-state index in [4.69, 9.17) is 0 Å². The lowest BCUT2D eigenvalue weighted by atomic mass is 9.95. The van der Waals surface area contributed by atoms with Gasteiger partial charge in [0.15, 0.2) is 0 Å². The van der Waals surface area contributed by atoms with Crippen LogP contribution in [0.5, 0.6) is 0 Å². The van der Waals surface area contributed by atoms with E-state index < -0.39 is 0 Å². The average Bonchev–Trinajstić information content (AvgIpc) is 2.75. The first kappa shape index (κ1) is 18.6. The van der Waals surface area contributed by atoms with E-state index in [1.165, 1.54) is 36.1 Å². The minimum atomic E-state index is -0.237. The summed E-state index contributed by atoms with van der Waals surface area (Å²) >= 11 is 0. The lowest BCUT2D eigenvalue weighted by Gasteiger charge is -2.36. The third kappa shape index (κ3) is 4.04. The van der Waals surface area contributed by atoms with Crippen molar-refractivity contribution in [2.75, 3.05) is 18.9 Å². The predicted octanol–water partition coefficient (Wildman–Crippen LogP) is 5.05. The second-order valence-corrected chi connectivity index (χ2v) is 7.23. The number of nitrogens with one attached hydrogen (secondary N) is 1. The van der Waals surface area contributed by atoms with Gasteiger partial charge in [-0.2, -0.15) is 0 Å². The first-order valence-corrected chi connectivity index (χ1v) is 9.82. The van der Waals surface area contributed by atoms with Gasteiger partial charge >= 0.3 is 0 Å². The smallest absolute Gasteiger partial charge is 0.130 e. The molecule has 4 nitrogen and oxygen atoms in total. The molecule has 0 spiro atoms. The van der Waals surface area contributed by atoms with Crippen molar-refractivity contribution in [3.05, 3.63) is 77.9 Å². The molecule has 1 fully saturated rings. The molecule has 28 heavy (non-hydrogen) atoms. The summed E-state index contributed by atoms with van der Waals surface area (Å²) in [5, 5.41) is 3.19. The van der Waals surface area contributed by atoms with Crippen molar-refractivity contribution in [2.45, 2.75) is 31.8 Å². The van der Waals surface area contributed by atoms with Gasteiger partial charge in [-0.05, 0) is 49.2 Å². The van der Waals surface area contributed by atoms with Crippen molar-refractivity contribution in [1.82, 2.24) is 14.9 Å². The molecule has 5 heteroatoms. The highest BCUT2D eigenvalue weighted by molar-refractivity contribution is 5.59. The van der Waals surface area contributed by atoms with Crippen molar-refractivity contribution < 1.29 is 4.39 Å². The van der Waals surface area contributed by atoms with Crippen molar-refractivity contribution in [2.24, 2.45) is 0 Å². The monoisotopic (exact) mass is 376 g/mol. The number of rotatable bonds is 5. The molecule has 144 valence electrons. The van der Waals surface area contributed by atoms with Crippen LogP contribution >= 0.6 is 0 Å². The van der Waals surface area contributed by atoms with Crippen molar-refractivity contribution in [3.63, 3.8) is 0 Å². The molecule has 0 amide bonds. The van der Waals surface area contributed by atoms with Gasteiger partial charge < -0.3 is 5.32 Å². The second kappa shape index (κ2) is 8.48. The molecule has 0 aliphatic carbocycles. The number of likely N-dealkylation sites (tertiary alicyclic amines) is 1. The quantitative estimate of drug-likeness (QED) is 0.676. The summed E-state index contributed by atoms with van der Waals surface area (Å²) in [5.41, 5.74) is 4.03. The van der Waals surface area contributed by atoms with E-state index >= 15 is 0 Å². The van der Waals surface area contributed by atoms with Crippen LogP contribution in [-0.2, 0) is 6.54 Å². The van der Waals surface area contributed by atoms with Crippen LogP contribution in [-0.4, -0.2) is 28.5 Å². The Morgan fingerprint density at radius 2 is 2.04 bits per heavy atom. The highest BCUT2D eigenvalue weighted by Gasteiger charge is 2.25. The Hall–Kier alpha value is -2.79. The van der Waals surface area contributed by atoms with Gasteiger partial charge in [-0.3, -0.25) is 9.88 Å². The fourth-order valence-corrected chi connectivity index (χ4v) is 3.99. The fourth-order valence-electron chi connectivity index (χ4n) is 3.99. The summed E-state index contributed by atoms with van der Waals surface area (Å²) in [6.07, 6.45) is 7.32. The summed E-state index contributed by atoms with van der Waals surface area (Å²) in [5.74, 6) is 0.699. The maximum absolute atomic E-state index is 13.5. The first-order valence-electron chi connectivity index (χ1n) is 9.82. The van der Waals surface area contributed by atoms with Crippen molar-refractivity contribution in [3.8, 4) is 11.3 Å². The summed E-state index contributed by atoms with van der Waals surface area (Å²) < 4.78 is 13.5. The van der Waals surface area contributed by atoms with E-state index in [2.05, 4.69) is 32.3 Å². The zero-order valence-corrected chi connectivity index (χ0v) is 16.1. The molecular formula is C23H25FN4. The number of piperidine rings is 1. The van der Waals surface area contributed by atoms with E-state index in [0.29, 0.717) is 6.04 Å². The van der Waals surface area contributed by atoms with E-state index in [-0.39, 0.29) is 5.82 Å². The minimum absolute atomic E-state index is 0.237. The molecule has 0 bridgehead atoms. The number of aromatic nitrogens is 2. The lowest BCUT2D eigenvalue weighted by molar-refractivity contribution is 0.140. The normalized spacial score (nSPS) is 17.4. The van der Waals surface area contributed by atoms with Crippen LogP contribution in [0, 0.1) is 5.82 Å². The summed E-state index contributed by atoms with van der Waals surface area (Å²) in [6.45, 7) is 1.93. The van der Waals surface area contributed by atoms with Crippen LogP contribution < -0.4 is 5.32 Å². The minimum Gasteiger partial charge on any atom is -0.373 e. The van der Waals surface area contributed by atoms with Gasteiger partial charge in [0, 0.05) is 43.2 Å². The van der Waals surface area contributed by atoms with Crippen molar-refractivity contribution in [1.29, 1.82) is 0 Å². The Labute approximate surface area is 165 Å². The van der Waals surface area contributed by atoms with Crippen LogP contribution in [0.4, 0.5) is 10.2 Å². The number of anilines is 1. The summed E-state index contributed by atoms with van der Waals surface area (Å²) in [6, 6.07) is 15.2. The Bertz CT molecular complexity index is 926. The van der Waals surface area contributed by atoms with Gasteiger partial charge in [0.1, 0.15) is 11.6 Å². The molecule has 3 heterocycles. The van der Waals surface area contributed by atoms with E-state index in [1.807, 2.05) is 37.6 Å². The second-order valence-electron chi connectivity index (χ2n) is 7.23. The molecule has 1 aromatic carbocycles. The number of hydrogen-bond acceptors (Lipinski definition) is 4. The summed E-state index contributed by atoms with van der Waals surface area (Å²) in [7, 11) is 1.91. The molecule has 3 aromatic rings. The molecule has 1 N–H and O–H groups in total. The average molecular weight is 376 g/mol. The summed E-state index contributed by atoms with van der Waals surface area (Å²) in [4.78, 5) is 11.6. The van der Waals surface area contributed by atoms with Crippen LogP contribution in [0.3, 0.4) is 0 Å². The molecule has 1 saturated heterocycles. The molecule has 1 aliphatic heterocycles. The van der Waals surface area contributed by atoms with E-state index in [1.54, 1.807) is 6.07 Å². The molecule has 4 rings (SSSR count). The molecule has 0 radical (unpaired) electrons. The van der Waals surface area contributed by atoms with E-state index in [9.17, 15) is 4.39 Å². The van der Waals surface area contributed by atoms with Gasteiger partial charge in [0.05, 0.1) is 5.69 Å². The first-order chi connectivity index (χ1) is 13.7. The number of hydrogen-bond donors (Lipinski definition) is 1. The molecule has 0 unspecified atom stereocenters. The van der Waals surface area contributed by atoms with Gasteiger partial charge in [0.25, 0.3) is 0 Å². The zero-order chi connectivity index (χ0) is 19.3. The molecule has 1 aliphatic rings. The van der Waals surface area contributed by atoms with Crippen LogP contribution in [0.15, 0.2) is 60.9 Å². The Morgan fingerprint density at radius 1 is 1.11 bits per heavy atom. The predicted molar refractivity (Wildman–Crippen MR) is 110 cm³/mol. The molecule has 2 aromatic heterocycles. The zero-order valence-electron chi connectivity index (χ0n) is 16.1. The van der Waals surface area contributed by atoms with Gasteiger partial charge in [-0.15, -0.1) is 0 Å². The van der Waals surface area contributed by atoms with E-state index in [0.717, 1.165) is 36.6 Å². The fraction of sp³-hybridized carbons (Fsp3) is 0.304. The largest absolute Gasteiger partial charge is 0.373 e. The highest BCUT2D eigenvalue weighted by atomic mass is 19.1. The lowest BCUT2D eigenvalue weighted by Crippen LogP contribution is -2.33. The Kier molecular flexibility index (Phi) is 5.63. The Balaban J connectivity index is 1.56. The van der Waals surface area contributed by atoms with Gasteiger partial charge in [0.2, 0.25) is 0 Å². The molecule has 1 atom stereocenters. The Morgan fingerprint density at radius 3 is 2.82 bits per heavy atom. The number of halogens is 1. The number of pyridine rings is 2. The topological polar surface area (TPSA) is 41.1 Å². The molecular weight excluding hydrogens is 351 g/mol. The standard InChI is InChI=1S/C23H25FN4/c1-25-23-19(7-5-12-26-23)16-28-13-3-2-9-22(28)18-10-11-21(27-15-18)17-6-4-8-20(24)14-17/h4-8,10-12,14-15,22H,2-3,9,13,16H2,1H3,(H,25,26)/t22-/m1/s1. The van der Waals surface area contributed by atoms with Gasteiger partial charge in [-0.1, -0.05) is 30.7 Å². The SMILES string of the molecule is CNc1ncccc1CN1CCCC[C@@H]1c1ccc(-c2cccc(F)c2)nc1.